The van der Waals surface area contributed by atoms with E-state index >= 15 is 0 Å². The number of carboxylic acids is 1. The quantitative estimate of drug-likeness (QED) is 0.575. The Morgan fingerprint density at radius 1 is 0.971 bits per heavy atom. The van der Waals surface area contributed by atoms with Gasteiger partial charge in [-0.2, -0.15) is 4.31 Å². The fourth-order valence-electron chi connectivity index (χ4n) is 4.49. The van der Waals surface area contributed by atoms with Gasteiger partial charge in [-0.15, -0.1) is 11.3 Å². The molecule has 2 aromatic carbocycles. The van der Waals surface area contributed by atoms with Gasteiger partial charge >= 0.3 is 12.1 Å². The third-order valence-corrected chi connectivity index (χ3v) is 9.56. The summed E-state index contributed by atoms with van der Waals surface area (Å²) in [6.07, 6.45) is -0.469. The molecule has 1 aliphatic carbocycles. The number of hydrogen-bond donors (Lipinski definition) is 1. The Labute approximate surface area is 201 Å². The number of ether oxygens (including phenoxy) is 1. The smallest absolute Gasteiger partial charge is 0.409 e. The van der Waals surface area contributed by atoms with Crippen LogP contribution in [0.15, 0.2) is 64.2 Å². The summed E-state index contributed by atoms with van der Waals surface area (Å²) in [6, 6.07) is 17.4. The summed E-state index contributed by atoms with van der Waals surface area (Å²) >= 11 is 0.881. The van der Waals surface area contributed by atoms with Crippen LogP contribution < -0.4 is 0 Å². The molecule has 1 aromatic heterocycles. The maximum atomic E-state index is 12.8. The van der Waals surface area contributed by atoms with E-state index in [0.717, 1.165) is 33.6 Å². The van der Waals surface area contributed by atoms with Crippen LogP contribution in [0, 0.1) is 0 Å². The molecule has 8 nitrogen and oxygen atoms in total. The van der Waals surface area contributed by atoms with E-state index in [4.69, 9.17) is 9.84 Å². The van der Waals surface area contributed by atoms with Crippen molar-refractivity contribution in [3.8, 4) is 11.1 Å². The zero-order valence-corrected chi connectivity index (χ0v) is 19.7. The van der Waals surface area contributed by atoms with E-state index in [-0.39, 0.29) is 48.5 Å². The molecule has 0 spiro atoms. The van der Waals surface area contributed by atoms with Gasteiger partial charge in [-0.3, -0.25) is 0 Å². The van der Waals surface area contributed by atoms with Crippen LogP contribution in [0.4, 0.5) is 4.79 Å². The lowest BCUT2D eigenvalue weighted by atomic mass is 9.98. The van der Waals surface area contributed by atoms with Gasteiger partial charge in [0.2, 0.25) is 0 Å². The third-order valence-electron chi connectivity index (χ3n) is 6.25. The monoisotopic (exact) mass is 498 g/mol. The number of hydrogen-bond acceptors (Lipinski definition) is 6. The molecule has 0 unspecified atom stereocenters. The summed E-state index contributed by atoms with van der Waals surface area (Å²) in [7, 11) is -3.81. The molecule has 10 heteroatoms. The maximum Gasteiger partial charge on any atom is 0.409 e. The number of aromatic carboxylic acids is 1. The standard InChI is InChI=1S/C24H22N2O6S2/c27-23(28)16-13-22(33-15-16)34(30,31)26-11-9-25(10-12-26)24(29)32-14-21-19-7-3-1-5-17(19)18-6-2-4-8-20(18)21/h1-8,13,15,21H,9-12,14H2,(H,27,28). The molecule has 1 saturated heterocycles. The van der Waals surface area contributed by atoms with Crippen LogP contribution >= 0.6 is 11.3 Å². The molecule has 0 saturated carbocycles. The van der Waals surface area contributed by atoms with Crippen molar-refractivity contribution in [3.63, 3.8) is 0 Å². The van der Waals surface area contributed by atoms with Crippen LogP contribution in [0.3, 0.4) is 0 Å². The Balaban J connectivity index is 1.21. The highest BCUT2D eigenvalue weighted by Gasteiger charge is 2.33. The summed E-state index contributed by atoms with van der Waals surface area (Å²) < 4.78 is 32.6. The van der Waals surface area contributed by atoms with Crippen molar-refractivity contribution < 1.29 is 27.9 Å². The van der Waals surface area contributed by atoms with Crippen LogP contribution in [-0.2, 0) is 14.8 Å². The molecule has 0 bridgehead atoms. The zero-order chi connectivity index (χ0) is 23.9. The molecule has 2 aliphatic rings. The van der Waals surface area contributed by atoms with Gasteiger partial charge in [-0.25, -0.2) is 18.0 Å². The average molecular weight is 499 g/mol. The highest BCUT2D eigenvalue weighted by atomic mass is 32.2. The molecule has 1 aliphatic heterocycles. The summed E-state index contributed by atoms with van der Waals surface area (Å²) in [4.78, 5) is 25.3. The summed E-state index contributed by atoms with van der Waals surface area (Å²) in [5.41, 5.74) is 4.50. The Morgan fingerprint density at radius 2 is 1.56 bits per heavy atom. The van der Waals surface area contributed by atoms with Gasteiger partial charge in [0.15, 0.2) is 0 Å². The second-order valence-corrected chi connectivity index (χ2v) is 11.2. The average Bonchev–Trinajstić information content (AvgIpc) is 3.47. The number of thiophene rings is 1. The van der Waals surface area contributed by atoms with Gasteiger partial charge < -0.3 is 14.7 Å². The van der Waals surface area contributed by atoms with E-state index in [9.17, 15) is 18.0 Å². The van der Waals surface area contributed by atoms with E-state index in [1.807, 2.05) is 24.3 Å². The minimum atomic E-state index is -3.81. The van der Waals surface area contributed by atoms with Crippen molar-refractivity contribution >= 4 is 33.4 Å². The normalized spacial score (nSPS) is 16.2. The van der Waals surface area contributed by atoms with Crippen molar-refractivity contribution in [3.05, 3.63) is 76.7 Å². The maximum absolute atomic E-state index is 12.8. The number of sulfonamides is 1. The van der Waals surface area contributed by atoms with Crippen LogP contribution in [0.2, 0.25) is 0 Å². The van der Waals surface area contributed by atoms with E-state index in [1.165, 1.54) is 20.7 Å². The summed E-state index contributed by atoms with van der Waals surface area (Å²) in [5.74, 6) is -1.21. The van der Waals surface area contributed by atoms with Crippen molar-refractivity contribution in [1.82, 2.24) is 9.21 Å². The number of rotatable bonds is 5. The number of fused-ring (bicyclic) bond motifs is 3. The second kappa shape index (κ2) is 8.86. The number of benzene rings is 2. The van der Waals surface area contributed by atoms with Crippen LogP contribution in [0.1, 0.15) is 27.4 Å². The topological polar surface area (TPSA) is 104 Å². The van der Waals surface area contributed by atoms with Crippen molar-refractivity contribution in [2.75, 3.05) is 32.8 Å². The highest BCUT2D eigenvalue weighted by Crippen LogP contribution is 2.44. The fourth-order valence-corrected chi connectivity index (χ4v) is 7.22. The second-order valence-electron chi connectivity index (χ2n) is 8.15. The Bertz CT molecular complexity index is 1310. The molecular formula is C24H22N2O6S2. The number of nitrogens with zero attached hydrogens (tertiary/aromatic N) is 2. The molecular weight excluding hydrogens is 476 g/mol. The van der Waals surface area contributed by atoms with Gasteiger partial charge in [0.25, 0.3) is 10.0 Å². The van der Waals surface area contributed by atoms with Gasteiger partial charge in [0.1, 0.15) is 10.8 Å². The predicted molar refractivity (Wildman–Crippen MR) is 127 cm³/mol. The molecule has 34 heavy (non-hydrogen) atoms. The molecule has 1 N–H and O–H groups in total. The summed E-state index contributed by atoms with van der Waals surface area (Å²) in [5, 5.41) is 10.4. The van der Waals surface area contributed by atoms with Gasteiger partial charge in [-0.05, 0) is 28.3 Å². The number of carboxylic acid groups (broad SMARTS) is 1. The third kappa shape index (κ3) is 3.97. The van der Waals surface area contributed by atoms with E-state index < -0.39 is 22.1 Å². The van der Waals surface area contributed by atoms with Gasteiger partial charge in [0.05, 0.1) is 5.56 Å². The molecule has 1 fully saturated rings. The van der Waals surface area contributed by atoms with E-state index in [2.05, 4.69) is 24.3 Å². The SMILES string of the molecule is O=C(O)c1csc(S(=O)(=O)N2CCN(C(=O)OCC3c4ccccc4-c4ccccc43)CC2)c1. The number of amides is 1. The molecule has 0 radical (unpaired) electrons. The molecule has 1 amide bonds. The first kappa shape index (κ1) is 22.6. The van der Waals surface area contributed by atoms with Gasteiger partial charge in [0, 0.05) is 37.5 Å². The first-order valence-electron chi connectivity index (χ1n) is 10.8. The van der Waals surface area contributed by atoms with Crippen LogP contribution in [0.25, 0.3) is 11.1 Å². The Morgan fingerprint density at radius 3 is 2.12 bits per heavy atom. The molecule has 2 heterocycles. The predicted octanol–water partition coefficient (Wildman–Crippen LogP) is 3.70. The van der Waals surface area contributed by atoms with Crippen molar-refractivity contribution in [1.29, 1.82) is 0 Å². The van der Waals surface area contributed by atoms with Crippen molar-refractivity contribution in [2.24, 2.45) is 0 Å². The fraction of sp³-hybridized carbons (Fsp3) is 0.250. The minimum Gasteiger partial charge on any atom is -0.478 e. The molecule has 0 atom stereocenters. The number of carbonyl (C=O) groups is 2. The first-order valence-corrected chi connectivity index (χ1v) is 13.1. The highest BCUT2D eigenvalue weighted by molar-refractivity contribution is 7.91. The lowest BCUT2D eigenvalue weighted by Crippen LogP contribution is -2.50. The molecule has 176 valence electrons. The summed E-state index contributed by atoms with van der Waals surface area (Å²) in [6.45, 7) is 0.846. The van der Waals surface area contributed by atoms with E-state index in [1.54, 1.807) is 0 Å². The minimum absolute atomic E-state index is 0.0144. The van der Waals surface area contributed by atoms with Gasteiger partial charge in [-0.1, -0.05) is 48.5 Å². The van der Waals surface area contributed by atoms with Crippen molar-refractivity contribution in [2.45, 2.75) is 10.1 Å². The van der Waals surface area contributed by atoms with Crippen LogP contribution in [-0.4, -0.2) is 67.6 Å². The largest absolute Gasteiger partial charge is 0.478 e. The van der Waals surface area contributed by atoms with E-state index in [0.29, 0.717) is 0 Å². The molecule has 5 rings (SSSR count). The van der Waals surface area contributed by atoms with Crippen LogP contribution in [0.5, 0.6) is 0 Å². The molecule has 3 aromatic rings. The number of carbonyl (C=O) groups excluding carboxylic acids is 1. The lowest BCUT2D eigenvalue weighted by Gasteiger charge is -2.33. The zero-order valence-electron chi connectivity index (χ0n) is 18.1. The Kier molecular flexibility index (Phi) is 5.88. The first-order chi connectivity index (χ1) is 16.4. The number of piperazine rings is 1. The Hall–Kier alpha value is -3.21. The lowest BCUT2D eigenvalue weighted by molar-refractivity contribution is 0.0697.